The Morgan fingerprint density at radius 1 is 1.26 bits per heavy atom. The van der Waals surface area contributed by atoms with Gasteiger partial charge in [-0.3, -0.25) is 4.79 Å². The van der Waals surface area contributed by atoms with E-state index in [1.807, 2.05) is 24.3 Å². The van der Waals surface area contributed by atoms with E-state index in [-0.39, 0.29) is 5.91 Å². The highest BCUT2D eigenvalue weighted by molar-refractivity contribution is 5.91. The Bertz CT molecular complexity index is 607. The second kappa shape index (κ2) is 6.43. The fourth-order valence-corrected chi connectivity index (χ4v) is 1.61. The Morgan fingerprint density at radius 3 is 2.84 bits per heavy atom. The second-order valence-electron chi connectivity index (χ2n) is 3.82. The van der Waals surface area contributed by atoms with Gasteiger partial charge in [0.05, 0.1) is 12.8 Å². The highest BCUT2D eigenvalue weighted by Gasteiger charge is 2.08. The third-order valence-corrected chi connectivity index (χ3v) is 2.53. The standard InChI is InChI=1S/C15H14N2O2/c16-9-3-7-12-5-1-2-6-13(12)11-17-15(18)14-8-4-10-19-14/h1-2,4-6,8,10H,9,11,16H2,(H,17,18). The highest BCUT2D eigenvalue weighted by Crippen LogP contribution is 2.07. The first-order chi connectivity index (χ1) is 9.31. The number of hydrogen-bond acceptors (Lipinski definition) is 3. The van der Waals surface area contributed by atoms with Crippen molar-refractivity contribution in [1.82, 2.24) is 5.32 Å². The molecule has 4 heteroatoms. The lowest BCUT2D eigenvalue weighted by atomic mass is 10.1. The van der Waals surface area contributed by atoms with Gasteiger partial charge in [-0.25, -0.2) is 0 Å². The Kier molecular flexibility index (Phi) is 4.38. The van der Waals surface area contributed by atoms with E-state index in [1.165, 1.54) is 6.26 Å². The average Bonchev–Trinajstić information content (AvgIpc) is 2.97. The summed E-state index contributed by atoms with van der Waals surface area (Å²) in [6.07, 6.45) is 1.47. The minimum atomic E-state index is -0.244. The SMILES string of the molecule is NCC#Cc1ccccc1CNC(=O)c1ccco1. The molecular formula is C15H14N2O2. The average molecular weight is 254 g/mol. The van der Waals surface area contributed by atoms with E-state index in [0.29, 0.717) is 18.8 Å². The van der Waals surface area contributed by atoms with Crippen molar-refractivity contribution in [3.05, 3.63) is 59.5 Å². The van der Waals surface area contributed by atoms with E-state index in [0.717, 1.165) is 11.1 Å². The second-order valence-corrected chi connectivity index (χ2v) is 3.82. The van der Waals surface area contributed by atoms with Crippen molar-refractivity contribution in [3.63, 3.8) is 0 Å². The first-order valence-electron chi connectivity index (χ1n) is 5.90. The topological polar surface area (TPSA) is 68.3 Å². The smallest absolute Gasteiger partial charge is 0.287 e. The quantitative estimate of drug-likeness (QED) is 0.816. The molecule has 0 saturated carbocycles. The minimum Gasteiger partial charge on any atom is -0.459 e. The molecule has 0 saturated heterocycles. The van der Waals surface area contributed by atoms with Crippen LogP contribution in [0.4, 0.5) is 0 Å². The molecule has 1 amide bonds. The number of carbonyl (C=O) groups is 1. The maximum absolute atomic E-state index is 11.7. The van der Waals surface area contributed by atoms with E-state index in [4.69, 9.17) is 10.2 Å². The number of hydrogen-bond donors (Lipinski definition) is 2. The van der Waals surface area contributed by atoms with Gasteiger partial charge in [0.1, 0.15) is 0 Å². The molecule has 1 aromatic carbocycles. The molecule has 0 aliphatic heterocycles. The summed E-state index contributed by atoms with van der Waals surface area (Å²) in [6.45, 7) is 0.710. The zero-order chi connectivity index (χ0) is 13.5. The predicted octanol–water partition coefficient (Wildman–Crippen LogP) is 1.52. The van der Waals surface area contributed by atoms with Crippen LogP contribution in [0.15, 0.2) is 47.1 Å². The molecule has 0 unspecified atom stereocenters. The van der Waals surface area contributed by atoms with E-state index in [2.05, 4.69) is 17.2 Å². The molecule has 0 fully saturated rings. The third-order valence-electron chi connectivity index (χ3n) is 2.53. The van der Waals surface area contributed by atoms with Gasteiger partial charge in [-0.2, -0.15) is 0 Å². The molecule has 2 rings (SSSR count). The molecule has 0 atom stereocenters. The van der Waals surface area contributed by atoms with Gasteiger partial charge in [-0.15, -0.1) is 0 Å². The molecule has 96 valence electrons. The van der Waals surface area contributed by atoms with Gasteiger partial charge in [0, 0.05) is 12.1 Å². The summed E-state index contributed by atoms with van der Waals surface area (Å²) in [4.78, 5) is 11.7. The van der Waals surface area contributed by atoms with Crippen LogP contribution < -0.4 is 11.1 Å². The Hall–Kier alpha value is -2.51. The van der Waals surface area contributed by atoms with Crippen LogP contribution >= 0.6 is 0 Å². The Morgan fingerprint density at radius 2 is 2.11 bits per heavy atom. The fourth-order valence-electron chi connectivity index (χ4n) is 1.61. The van der Waals surface area contributed by atoms with Crippen LogP contribution in [0.25, 0.3) is 0 Å². The number of carbonyl (C=O) groups excluding carboxylic acids is 1. The molecule has 1 aromatic heterocycles. The summed E-state index contributed by atoms with van der Waals surface area (Å²) in [6, 6.07) is 10.9. The Labute approximate surface area is 111 Å². The lowest BCUT2D eigenvalue weighted by molar-refractivity contribution is 0.0923. The molecule has 19 heavy (non-hydrogen) atoms. The van der Waals surface area contributed by atoms with Crippen molar-refractivity contribution in [2.75, 3.05) is 6.54 Å². The summed E-state index contributed by atoms with van der Waals surface area (Å²) in [7, 11) is 0. The summed E-state index contributed by atoms with van der Waals surface area (Å²) >= 11 is 0. The van der Waals surface area contributed by atoms with Crippen LogP contribution in [0.1, 0.15) is 21.7 Å². The molecule has 0 bridgehead atoms. The summed E-state index contributed by atoms with van der Waals surface area (Å²) in [5.74, 6) is 5.84. The lowest BCUT2D eigenvalue weighted by Gasteiger charge is -2.05. The highest BCUT2D eigenvalue weighted by atomic mass is 16.3. The maximum atomic E-state index is 11.7. The van der Waals surface area contributed by atoms with Gasteiger partial charge in [0.15, 0.2) is 5.76 Å². The van der Waals surface area contributed by atoms with Crippen molar-refractivity contribution >= 4 is 5.91 Å². The molecule has 0 radical (unpaired) electrons. The predicted molar refractivity (Wildman–Crippen MR) is 72.3 cm³/mol. The van der Waals surface area contributed by atoms with E-state index < -0.39 is 0 Å². The van der Waals surface area contributed by atoms with Crippen molar-refractivity contribution in [2.45, 2.75) is 6.54 Å². The van der Waals surface area contributed by atoms with Gasteiger partial charge >= 0.3 is 0 Å². The number of benzene rings is 1. The van der Waals surface area contributed by atoms with Gasteiger partial charge in [0.25, 0.3) is 5.91 Å². The largest absolute Gasteiger partial charge is 0.459 e. The molecule has 1 heterocycles. The third kappa shape index (κ3) is 3.47. The minimum absolute atomic E-state index is 0.244. The van der Waals surface area contributed by atoms with E-state index >= 15 is 0 Å². The van der Waals surface area contributed by atoms with Crippen LogP contribution in [-0.2, 0) is 6.54 Å². The molecule has 2 aromatic rings. The van der Waals surface area contributed by atoms with Gasteiger partial charge < -0.3 is 15.5 Å². The first kappa shape index (κ1) is 12.9. The van der Waals surface area contributed by atoms with Crippen molar-refractivity contribution in [1.29, 1.82) is 0 Å². The van der Waals surface area contributed by atoms with Gasteiger partial charge in [-0.1, -0.05) is 30.0 Å². The summed E-state index contributed by atoms with van der Waals surface area (Å²) < 4.78 is 5.02. The van der Waals surface area contributed by atoms with Crippen molar-refractivity contribution < 1.29 is 9.21 Å². The number of nitrogens with two attached hydrogens (primary N) is 1. The normalized spacial score (nSPS) is 9.53. The van der Waals surface area contributed by atoms with Crippen LogP contribution in [0, 0.1) is 11.8 Å². The molecule has 0 spiro atoms. The molecule has 0 aliphatic rings. The number of furan rings is 1. The number of rotatable bonds is 3. The molecule has 3 N–H and O–H groups in total. The van der Waals surface area contributed by atoms with Crippen LogP contribution in [-0.4, -0.2) is 12.5 Å². The summed E-state index contributed by atoms with van der Waals surface area (Å²) in [5, 5.41) is 2.79. The zero-order valence-corrected chi connectivity index (χ0v) is 10.3. The maximum Gasteiger partial charge on any atom is 0.287 e. The number of amides is 1. The fraction of sp³-hybridized carbons (Fsp3) is 0.133. The Balaban J connectivity index is 2.05. The molecule has 0 aliphatic carbocycles. The van der Waals surface area contributed by atoms with Crippen LogP contribution in [0.5, 0.6) is 0 Å². The molecular weight excluding hydrogens is 240 g/mol. The first-order valence-corrected chi connectivity index (χ1v) is 5.90. The van der Waals surface area contributed by atoms with Crippen molar-refractivity contribution in [3.8, 4) is 11.8 Å². The number of nitrogens with one attached hydrogen (secondary N) is 1. The van der Waals surface area contributed by atoms with E-state index in [1.54, 1.807) is 12.1 Å². The molecule has 4 nitrogen and oxygen atoms in total. The van der Waals surface area contributed by atoms with Gasteiger partial charge in [-0.05, 0) is 23.8 Å². The van der Waals surface area contributed by atoms with E-state index in [9.17, 15) is 4.79 Å². The monoisotopic (exact) mass is 254 g/mol. The lowest BCUT2D eigenvalue weighted by Crippen LogP contribution is -2.22. The van der Waals surface area contributed by atoms with Gasteiger partial charge in [0.2, 0.25) is 0 Å². The van der Waals surface area contributed by atoms with Crippen LogP contribution in [0.2, 0.25) is 0 Å². The van der Waals surface area contributed by atoms with Crippen molar-refractivity contribution in [2.24, 2.45) is 5.73 Å². The summed E-state index contributed by atoms with van der Waals surface area (Å²) in [5.41, 5.74) is 7.17. The van der Waals surface area contributed by atoms with Crippen LogP contribution in [0.3, 0.4) is 0 Å². The zero-order valence-electron chi connectivity index (χ0n) is 10.3.